The van der Waals surface area contributed by atoms with Crippen molar-refractivity contribution in [3.8, 4) is 0 Å². The Kier molecular flexibility index (Phi) is 6.33. The van der Waals surface area contributed by atoms with Crippen LogP contribution in [0.3, 0.4) is 0 Å². The van der Waals surface area contributed by atoms with E-state index in [1.807, 2.05) is 6.07 Å². The summed E-state index contributed by atoms with van der Waals surface area (Å²) in [6.45, 7) is -0.110. The molecule has 1 N–H and O–H groups in total. The molecule has 0 spiro atoms. The van der Waals surface area contributed by atoms with Gasteiger partial charge in [0.1, 0.15) is 0 Å². The van der Waals surface area contributed by atoms with Crippen molar-refractivity contribution in [1.29, 1.82) is 0 Å². The number of aliphatic hydroxyl groups excluding tert-OH is 1. The zero-order chi connectivity index (χ0) is 16.8. The number of nitrogens with zero attached hydrogens (tertiary/aromatic N) is 1. The van der Waals surface area contributed by atoms with Gasteiger partial charge in [0.2, 0.25) is 5.91 Å². The van der Waals surface area contributed by atoms with Gasteiger partial charge in [0.25, 0.3) is 0 Å². The highest BCUT2D eigenvalue weighted by atomic mass is 79.9. The number of ketones is 1. The van der Waals surface area contributed by atoms with E-state index in [1.165, 1.54) is 11.0 Å². The standard InChI is InChI=1S/C17H15BrClNO3/c18-11-16(22)20(8-9-21)15-7-6-13(19)10-14(15)17(23)12-4-2-1-3-5-12/h1-7,10,21H,8-9,11H2. The van der Waals surface area contributed by atoms with Crippen LogP contribution < -0.4 is 4.90 Å². The SMILES string of the molecule is O=C(c1ccccc1)c1cc(Cl)ccc1N(CCO)C(=O)CBr. The molecular weight excluding hydrogens is 382 g/mol. The Hall–Kier alpha value is -1.69. The zero-order valence-corrected chi connectivity index (χ0v) is 14.5. The number of carbonyl (C=O) groups is 2. The van der Waals surface area contributed by atoms with Crippen LogP contribution in [0.15, 0.2) is 48.5 Å². The van der Waals surface area contributed by atoms with E-state index in [2.05, 4.69) is 15.9 Å². The lowest BCUT2D eigenvalue weighted by Gasteiger charge is -2.23. The fourth-order valence-electron chi connectivity index (χ4n) is 2.22. The summed E-state index contributed by atoms with van der Waals surface area (Å²) >= 11 is 9.15. The maximum absolute atomic E-state index is 12.8. The predicted molar refractivity (Wildman–Crippen MR) is 94.6 cm³/mol. The highest BCUT2D eigenvalue weighted by Gasteiger charge is 2.22. The van der Waals surface area contributed by atoms with Crippen molar-refractivity contribution in [1.82, 2.24) is 0 Å². The van der Waals surface area contributed by atoms with E-state index in [9.17, 15) is 14.7 Å². The van der Waals surface area contributed by atoms with Crippen molar-refractivity contribution < 1.29 is 14.7 Å². The van der Waals surface area contributed by atoms with Crippen LogP contribution in [-0.4, -0.2) is 35.3 Å². The first kappa shape index (κ1) is 17.7. The fourth-order valence-corrected chi connectivity index (χ4v) is 2.70. The summed E-state index contributed by atoms with van der Waals surface area (Å²) in [7, 11) is 0. The average molecular weight is 397 g/mol. The minimum atomic E-state index is -0.247. The molecule has 0 fully saturated rings. The van der Waals surface area contributed by atoms with Crippen LogP contribution in [0.25, 0.3) is 0 Å². The van der Waals surface area contributed by atoms with Crippen LogP contribution in [0.4, 0.5) is 5.69 Å². The number of hydrogen-bond acceptors (Lipinski definition) is 3. The average Bonchev–Trinajstić information content (AvgIpc) is 2.59. The largest absolute Gasteiger partial charge is 0.395 e. The second-order valence-corrected chi connectivity index (χ2v) is 5.76. The van der Waals surface area contributed by atoms with Crippen LogP contribution in [0.1, 0.15) is 15.9 Å². The van der Waals surface area contributed by atoms with Gasteiger partial charge in [-0.1, -0.05) is 57.9 Å². The lowest BCUT2D eigenvalue weighted by Crippen LogP contribution is -2.35. The molecule has 0 aromatic heterocycles. The summed E-state index contributed by atoms with van der Waals surface area (Å²) in [4.78, 5) is 26.3. The molecule has 2 rings (SSSR count). The van der Waals surface area contributed by atoms with E-state index in [-0.39, 0.29) is 30.2 Å². The van der Waals surface area contributed by atoms with E-state index in [4.69, 9.17) is 11.6 Å². The number of aliphatic hydroxyl groups is 1. The first-order valence-electron chi connectivity index (χ1n) is 6.95. The third-order valence-electron chi connectivity index (χ3n) is 3.27. The van der Waals surface area contributed by atoms with E-state index < -0.39 is 0 Å². The minimum absolute atomic E-state index is 0.0919. The normalized spacial score (nSPS) is 10.4. The first-order valence-corrected chi connectivity index (χ1v) is 8.45. The zero-order valence-electron chi connectivity index (χ0n) is 12.2. The van der Waals surface area contributed by atoms with Crippen molar-refractivity contribution in [3.63, 3.8) is 0 Å². The van der Waals surface area contributed by atoms with Crippen LogP contribution >= 0.6 is 27.5 Å². The van der Waals surface area contributed by atoms with Crippen molar-refractivity contribution >= 4 is 44.9 Å². The molecule has 6 heteroatoms. The predicted octanol–water partition coefficient (Wildman–Crippen LogP) is 3.29. The third kappa shape index (κ3) is 4.19. The molecule has 1 amide bonds. The third-order valence-corrected chi connectivity index (χ3v) is 3.98. The minimum Gasteiger partial charge on any atom is -0.395 e. The smallest absolute Gasteiger partial charge is 0.237 e. The monoisotopic (exact) mass is 395 g/mol. The van der Waals surface area contributed by atoms with Gasteiger partial charge in [0.05, 0.1) is 17.6 Å². The van der Waals surface area contributed by atoms with Gasteiger partial charge in [-0.25, -0.2) is 0 Å². The molecule has 0 unspecified atom stereocenters. The number of alkyl halides is 1. The summed E-state index contributed by atoms with van der Waals surface area (Å²) in [6.07, 6.45) is 0. The highest BCUT2D eigenvalue weighted by molar-refractivity contribution is 9.09. The lowest BCUT2D eigenvalue weighted by molar-refractivity contribution is -0.116. The molecule has 0 atom stereocenters. The van der Waals surface area contributed by atoms with Crippen molar-refractivity contribution in [2.75, 3.05) is 23.4 Å². The van der Waals surface area contributed by atoms with Gasteiger partial charge in [-0.15, -0.1) is 0 Å². The maximum Gasteiger partial charge on any atom is 0.237 e. The van der Waals surface area contributed by atoms with Crippen molar-refractivity contribution in [2.24, 2.45) is 0 Å². The van der Waals surface area contributed by atoms with Crippen molar-refractivity contribution in [3.05, 3.63) is 64.7 Å². The molecule has 2 aromatic carbocycles. The number of amides is 1. The summed E-state index contributed by atoms with van der Waals surface area (Å²) < 4.78 is 0. The van der Waals surface area contributed by atoms with Gasteiger partial charge in [-0.2, -0.15) is 0 Å². The lowest BCUT2D eigenvalue weighted by atomic mass is 10.0. The molecule has 0 heterocycles. The first-order chi connectivity index (χ1) is 11.1. The quantitative estimate of drug-likeness (QED) is 0.602. The molecular formula is C17H15BrClNO3. The Labute approximate surface area is 147 Å². The van der Waals surface area contributed by atoms with Gasteiger partial charge in [-0.3, -0.25) is 9.59 Å². The number of halogens is 2. The maximum atomic E-state index is 12.8. The topological polar surface area (TPSA) is 57.6 Å². The van der Waals surface area contributed by atoms with Gasteiger partial charge in [0.15, 0.2) is 5.78 Å². The molecule has 0 bridgehead atoms. The van der Waals surface area contributed by atoms with E-state index in [0.29, 0.717) is 21.8 Å². The van der Waals surface area contributed by atoms with E-state index in [0.717, 1.165) is 0 Å². The van der Waals surface area contributed by atoms with Gasteiger partial charge >= 0.3 is 0 Å². The second kappa shape index (κ2) is 8.24. The Morgan fingerprint density at radius 3 is 2.43 bits per heavy atom. The Morgan fingerprint density at radius 2 is 1.83 bits per heavy atom. The molecule has 0 saturated carbocycles. The second-order valence-electron chi connectivity index (χ2n) is 4.76. The van der Waals surface area contributed by atoms with Gasteiger partial charge < -0.3 is 10.0 Å². The number of anilines is 1. The molecule has 23 heavy (non-hydrogen) atoms. The number of benzene rings is 2. The van der Waals surface area contributed by atoms with Crippen molar-refractivity contribution in [2.45, 2.75) is 0 Å². The van der Waals surface area contributed by atoms with Crippen LogP contribution in [0.5, 0.6) is 0 Å². The van der Waals surface area contributed by atoms with Crippen LogP contribution in [-0.2, 0) is 4.79 Å². The highest BCUT2D eigenvalue weighted by Crippen LogP contribution is 2.27. The summed E-state index contributed by atoms with van der Waals surface area (Å²) in [5.41, 5.74) is 1.26. The van der Waals surface area contributed by atoms with E-state index in [1.54, 1.807) is 36.4 Å². The molecule has 0 aliphatic carbocycles. The Balaban J connectivity index is 2.52. The number of carbonyl (C=O) groups excluding carboxylic acids is 2. The molecule has 0 aliphatic heterocycles. The summed E-state index contributed by atoms with van der Waals surface area (Å²) in [5, 5.41) is 9.72. The molecule has 0 aliphatic rings. The Morgan fingerprint density at radius 1 is 1.13 bits per heavy atom. The molecule has 120 valence electrons. The summed E-state index contributed by atoms with van der Waals surface area (Å²) in [6, 6.07) is 13.5. The number of rotatable bonds is 6. The van der Waals surface area contributed by atoms with Gasteiger partial charge in [0, 0.05) is 22.7 Å². The number of hydrogen-bond donors (Lipinski definition) is 1. The fraction of sp³-hybridized carbons (Fsp3) is 0.176. The Bertz CT molecular complexity index is 706. The summed E-state index contributed by atoms with van der Waals surface area (Å²) in [5.74, 6) is -0.475. The van der Waals surface area contributed by atoms with E-state index >= 15 is 0 Å². The molecule has 2 aromatic rings. The van der Waals surface area contributed by atoms with Gasteiger partial charge in [-0.05, 0) is 18.2 Å². The molecule has 0 radical (unpaired) electrons. The molecule has 0 saturated heterocycles. The molecule has 4 nitrogen and oxygen atoms in total. The van der Waals surface area contributed by atoms with Crippen LogP contribution in [0.2, 0.25) is 5.02 Å². The van der Waals surface area contributed by atoms with Crippen LogP contribution in [0, 0.1) is 0 Å².